The van der Waals surface area contributed by atoms with Gasteiger partial charge < -0.3 is 9.83 Å². The summed E-state index contributed by atoms with van der Waals surface area (Å²) >= 11 is 1.58. The molecule has 1 aliphatic heterocycles. The number of carboxylic acids is 1. The van der Waals surface area contributed by atoms with Crippen molar-refractivity contribution in [2.75, 3.05) is 0 Å². The van der Waals surface area contributed by atoms with Crippen LogP contribution in [0.25, 0.3) is 0 Å². The first-order chi connectivity index (χ1) is 5.27. The van der Waals surface area contributed by atoms with Crippen molar-refractivity contribution in [1.29, 1.82) is 0 Å². The lowest BCUT2D eigenvalue weighted by atomic mass is 10.5. The Labute approximate surface area is 70.3 Å². The summed E-state index contributed by atoms with van der Waals surface area (Å²) in [4.78, 5) is 9.37. The maximum absolute atomic E-state index is 9.37. The van der Waals surface area contributed by atoms with E-state index in [2.05, 4.69) is 4.72 Å². The van der Waals surface area contributed by atoms with Gasteiger partial charge in [-0.2, -0.15) is 0 Å². The third-order valence-corrected chi connectivity index (χ3v) is 1.36. The number of carboxylic acid groups (broad SMARTS) is 1. The normalized spacial score (nSPS) is 12.8. The summed E-state index contributed by atoms with van der Waals surface area (Å²) in [6, 6.07) is 0. The predicted molar refractivity (Wildman–Crippen MR) is 46.9 cm³/mol. The highest BCUT2D eigenvalue weighted by atomic mass is 32.2. The van der Waals surface area contributed by atoms with E-state index in [9.17, 15) is 4.79 Å². The molecule has 0 saturated carbocycles. The van der Waals surface area contributed by atoms with E-state index in [0.717, 1.165) is 0 Å². The monoisotopic (exact) mass is 173 g/mol. The van der Waals surface area contributed by atoms with E-state index in [-0.39, 0.29) is 6.42 Å². The lowest BCUT2D eigenvalue weighted by molar-refractivity contribution is -0.136. The fourth-order valence-electron chi connectivity index (χ4n) is 0.258. The number of hydrogen-bond acceptors (Lipinski definition) is 3. The van der Waals surface area contributed by atoms with E-state index in [0.29, 0.717) is 0 Å². The molecule has 0 radical (unpaired) electrons. The van der Waals surface area contributed by atoms with Crippen LogP contribution in [0.5, 0.6) is 0 Å². The van der Waals surface area contributed by atoms with E-state index in [4.69, 9.17) is 5.11 Å². The lowest BCUT2D eigenvalue weighted by Crippen LogP contribution is -1.88. The maximum Gasteiger partial charge on any atom is 0.303 e. The second-order valence-corrected chi connectivity index (χ2v) is 2.41. The summed E-state index contributed by atoms with van der Waals surface area (Å²) in [5.74, 6) is -0.745. The van der Waals surface area contributed by atoms with Crippen LogP contribution in [0.4, 0.5) is 0 Å². The van der Waals surface area contributed by atoms with Crippen LogP contribution in [0.3, 0.4) is 0 Å². The molecule has 0 bridgehead atoms. The number of rotatable bonds is 1. The first-order valence-corrected chi connectivity index (χ1v) is 4.10. The molecule has 0 amide bonds. The van der Waals surface area contributed by atoms with E-state index in [1.807, 2.05) is 23.8 Å². The van der Waals surface area contributed by atoms with Gasteiger partial charge in [0.15, 0.2) is 0 Å². The lowest BCUT2D eigenvalue weighted by Gasteiger charge is -1.93. The standard InChI is InChI=1S/C4H5NS.C3H6O2/c1-2-4-6-5-3-1;1-2-3(4)5/h1-5H;2H2,1H3,(H,4,5). The van der Waals surface area contributed by atoms with Crippen LogP contribution in [0, 0.1) is 0 Å². The van der Waals surface area contributed by atoms with E-state index >= 15 is 0 Å². The summed E-state index contributed by atoms with van der Waals surface area (Å²) < 4.78 is 2.93. The predicted octanol–water partition coefficient (Wildman–Crippen LogP) is 1.75. The van der Waals surface area contributed by atoms with Gasteiger partial charge in [0.05, 0.1) is 0 Å². The van der Waals surface area contributed by atoms with Crippen LogP contribution < -0.4 is 4.72 Å². The van der Waals surface area contributed by atoms with Crippen molar-refractivity contribution in [3.8, 4) is 0 Å². The number of hydrogen-bond donors (Lipinski definition) is 2. The largest absolute Gasteiger partial charge is 0.481 e. The smallest absolute Gasteiger partial charge is 0.303 e. The van der Waals surface area contributed by atoms with Crippen molar-refractivity contribution in [2.24, 2.45) is 0 Å². The Hall–Kier alpha value is -0.900. The van der Waals surface area contributed by atoms with Gasteiger partial charge in [-0.25, -0.2) is 0 Å². The molecule has 2 N–H and O–H groups in total. The molecule has 1 rings (SSSR count). The third kappa shape index (κ3) is 9.10. The molecule has 0 fully saturated rings. The molecule has 0 aromatic rings. The van der Waals surface area contributed by atoms with Gasteiger partial charge in [-0.1, -0.05) is 13.0 Å². The van der Waals surface area contributed by atoms with Crippen molar-refractivity contribution in [3.05, 3.63) is 23.8 Å². The molecular formula is C7H11NO2S. The number of carbonyl (C=O) groups is 1. The molecule has 3 nitrogen and oxygen atoms in total. The van der Waals surface area contributed by atoms with Crippen molar-refractivity contribution in [1.82, 2.24) is 4.72 Å². The van der Waals surface area contributed by atoms with Crippen molar-refractivity contribution < 1.29 is 9.90 Å². The second kappa shape index (κ2) is 7.21. The zero-order chi connectivity index (χ0) is 8.53. The summed E-state index contributed by atoms with van der Waals surface area (Å²) in [7, 11) is 0. The van der Waals surface area contributed by atoms with E-state index in [1.165, 1.54) is 0 Å². The van der Waals surface area contributed by atoms with Crippen LogP contribution in [-0.2, 0) is 4.79 Å². The molecule has 4 heteroatoms. The molecule has 0 unspecified atom stereocenters. The molecule has 11 heavy (non-hydrogen) atoms. The van der Waals surface area contributed by atoms with Crippen molar-refractivity contribution in [2.45, 2.75) is 13.3 Å². The molecule has 62 valence electrons. The molecule has 0 aromatic heterocycles. The Morgan fingerprint density at radius 1 is 1.64 bits per heavy atom. The Kier molecular flexibility index (Phi) is 6.62. The molecule has 0 spiro atoms. The van der Waals surface area contributed by atoms with Crippen LogP contribution in [0.15, 0.2) is 23.8 Å². The zero-order valence-electron chi connectivity index (χ0n) is 6.28. The fraction of sp³-hybridized carbons (Fsp3) is 0.286. The third-order valence-electron chi connectivity index (χ3n) is 0.792. The SMILES string of the molecule is C1=CNSC=C1.CCC(=O)O. The van der Waals surface area contributed by atoms with Gasteiger partial charge in [-0.15, -0.1) is 0 Å². The molecule has 0 aliphatic carbocycles. The molecule has 0 aromatic carbocycles. The fourth-order valence-corrected chi connectivity index (χ4v) is 0.663. The highest BCUT2D eigenvalue weighted by molar-refractivity contribution is 8.00. The van der Waals surface area contributed by atoms with Crippen molar-refractivity contribution in [3.63, 3.8) is 0 Å². The molecule has 0 atom stereocenters. The molecular weight excluding hydrogens is 162 g/mol. The minimum atomic E-state index is -0.745. The Morgan fingerprint density at radius 3 is 2.36 bits per heavy atom. The topological polar surface area (TPSA) is 49.3 Å². The number of allylic oxidation sites excluding steroid dienone is 2. The first kappa shape index (κ1) is 10.1. The molecule has 0 saturated heterocycles. The Balaban J connectivity index is 0.000000187. The highest BCUT2D eigenvalue weighted by Crippen LogP contribution is 1.98. The van der Waals surface area contributed by atoms with Gasteiger partial charge in [0.25, 0.3) is 0 Å². The Bertz CT molecular complexity index is 154. The minimum absolute atomic E-state index is 0.222. The van der Waals surface area contributed by atoms with Gasteiger partial charge >= 0.3 is 5.97 Å². The molecule has 1 aliphatic rings. The summed E-state index contributed by atoms with van der Waals surface area (Å²) in [5, 5.41) is 9.71. The second-order valence-electron chi connectivity index (χ2n) is 1.67. The van der Waals surface area contributed by atoms with Gasteiger partial charge in [0.2, 0.25) is 0 Å². The van der Waals surface area contributed by atoms with E-state index in [1.54, 1.807) is 18.9 Å². The summed E-state index contributed by atoms with van der Waals surface area (Å²) in [6.07, 6.45) is 6.06. The Morgan fingerprint density at radius 2 is 2.27 bits per heavy atom. The minimum Gasteiger partial charge on any atom is -0.481 e. The van der Waals surface area contributed by atoms with Crippen LogP contribution >= 0.6 is 11.9 Å². The number of aliphatic carboxylic acids is 1. The maximum atomic E-state index is 9.37. The summed E-state index contributed by atoms with van der Waals surface area (Å²) in [5.41, 5.74) is 0. The zero-order valence-corrected chi connectivity index (χ0v) is 7.10. The van der Waals surface area contributed by atoms with Gasteiger partial charge in [0.1, 0.15) is 0 Å². The van der Waals surface area contributed by atoms with Gasteiger partial charge in [-0.05, 0) is 23.4 Å². The summed E-state index contributed by atoms with van der Waals surface area (Å²) in [6.45, 7) is 1.60. The van der Waals surface area contributed by atoms with Gasteiger partial charge in [-0.3, -0.25) is 4.79 Å². The van der Waals surface area contributed by atoms with Crippen LogP contribution in [-0.4, -0.2) is 11.1 Å². The quantitative estimate of drug-likeness (QED) is 0.593. The first-order valence-electron chi connectivity index (χ1n) is 3.22. The van der Waals surface area contributed by atoms with Gasteiger partial charge in [0, 0.05) is 12.6 Å². The average molecular weight is 173 g/mol. The number of nitrogens with one attached hydrogen (secondary N) is 1. The average Bonchev–Trinajstić information content (AvgIpc) is 2.09. The highest BCUT2D eigenvalue weighted by Gasteiger charge is 1.80. The van der Waals surface area contributed by atoms with E-state index < -0.39 is 5.97 Å². The van der Waals surface area contributed by atoms with Crippen LogP contribution in [0.2, 0.25) is 0 Å². The molecule has 1 heterocycles. The van der Waals surface area contributed by atoms with Crippen molar-refractivity contribution >= 4 is 17.9 Å². The van der Waals surface area contributed by atoms with Crippen LogP contribution in [0.1, 0.15) is 13.3 Å².